The molecule has 1 nitrogen and oxygen atoms in total. The van der Waals surface area contributed by atoms with E-state index in [9.17, 15) is 0 Å². The van der Waals surface area contributed by atoms with Crippen molar-refractivity contribution in [3.8, 4) is 0 Å². The normalized spacial score (nSPS) is 7.55. The molecule has 0 aliphatic carbocycles. The first-order valence-electron chi connectivity index (χ1n) is 3.12. The summed E-state index contributed by atoms with van der Waals surface area (Å²) in [5.74, 6) is 0. The maximum absolute atomic E-state index is 5.32. The predicted molar refractivity (Wildman–Crippen MR) is 61.2 cm³/mol. The topological polar surface area (TPSA) is 26.0 Å². The molecule has 57 valence electrons. The quantitative estimate of drug-likeness (QED) is 0.544. The molecule has 0 amide bonds. The number of nitrogens with two attached hydrogens (primary N) is 1. The molecule has 1 radical (unpaired) electrons. The van der Waals surface area contributed by atoms with E-state index in [1.807, 2.05) is 24.3 Å². The Hall–Kier alpha value is 1.26. The van der Waals surface area contributed by atoms with Crippen molar-refractivity contribution in [2.75, 3.05) is 0 Å². The van der Waals surface area contributed by atoms with Crippen LogP contribution in [0.25, 0.3) is 0 Å². The molecule has 11 heavy (non-hydrogen) atoms. The summed E-state index contributed by atoms with van der Waals surface area (Å²) in [6.45, 7) is 0.584. The van der Waals surface area contributed by atoms with Gasteiger partial charge in [0.1, 0.15) is 0 Å². The molecule has 0 atom stereocenters. The van der Waals surface area contributed by atoms with E-state index in [0.29, 0.717) is 6.54 Å². The molecule has 0 spiro atoms. The molecule has 0 heterocycles. The zero-order chi connectivity index (χ0) is 8.53. The Morgan fingerprint density at radius 2 is 2.09 bits per heavy atom. The van der Waals surface area contributed by atoms with Crippen molar-refractivity contribution < 1.29 is 10.1 Å². The summed E-state index contributed by atoms with van der Waals surface area (Å²) in [6, 6.07) is 10.7. The molecular weight excluding hydrogens is 417 g/mol. The Morgan fingerprint density at radius 3 is 2.36 bits per heavy atom. The van der Waals surface area contributed by atoms with Gasteiger partial charge in [0.15, 0.2) is 0 Å². The fourth-order valence-corrected chi connectivity index (χ4v) is 0.557. The number of hydrogen-bond donors (Lipinski definition) is 1. The van der Waals surface area contributed by atoms with Crippen molar-refractivity contribution in [3.63, 3.8) is 0 Å². The van der Waals surface area contributed by atoms with E-state index in [-0.39, 0.29) is 10.1 Å². The number of rotatable bonds is 1. The summed E-state index contributed by atoms with van der Waals surface area (Å²) in [5.41, 5.74) is 6.38. The molecule has 0 aliphatic rings. The molecule has 0 aliphatic heterocycles. The van der Waals surface area contributed by atoms with E-state index in [1.165, 1.54) is 0 Å². The van der Waals surface area contributed by atoms with E-state index in [0.717, 1.165) is 5.56 Å². The van der Waals surface area contributed by atoms with Crippen molar-refractivity contribution >= 4 is 39.5 Å². The Balaban J connectivity index is 0.000000292. The Bertz CT molecular complexity index is 169. The average molecular weight is 425 g/mol. The van der Waals surface area contributed by atoms with E-state index in [2.05, 4.69) is 45.6 Å². The van der Waals surface area contributed by atoms with Gasteiger partial charge in [-0.1, -0.05) is 24.3 Å². The number of halogens is 2. The van der Waals surface area contributed by atoms with Gasteiger partial charge >= 0.3 is 49.6 Å². The summed E-state index contributed by atoms with van der Waals surface area (Å²) < 4.78 is 0. The van der Waals surface area contributed by atoms with Gasteiger partial charge in [-0.05, 0) is 11.6 Å². The van der Waals surface area contributed by atoms with E-state index >= 15 is 0 Å². The van der Waals surface area contributed by atoms with Crippen LogP contribution in [0.2, 0.25) is 0 Å². The molecule has 1 aromatic carbocycles. The Morgan fingerprint density at radius 1 is 1.45 bits per heavy atom. The van der Waals surface area contributed by atoms with Gasteiger partial charge in [-0.2, -0.15) is 0 Å². The van der Waals surface area contributed by atoms with Gasteiger partial charge in [-0.15, -0.1) is 0 Å². The van der Waals surface area contributed by atoms with Gasteiger partial charge in [-0.25, -0.2) is 0 Å². The van der Waals surface area contributed by atoms with Crippen molar-refractivity contribution in [1.29, 1.82) is 0 Å². The third-order valence-corrected chi connectivity index (χ3v) is 0.993. The zero-order valence-corrected chi connectivity index (χ0v) is 13.3. The monoisotopic (exact) mass is 424 g/mol. The average Bonchev–Trinajstić information content (AvgIpc) is 2.08. The molecule has 0 bridgehead atoms. The zero-order valence-electron chi connectivity index (χ0n) is 6.06. The number of benzene rings is 1. The first-order chi connectivity index (χ1) is 5.35. The maximum atomic E-state index is 5.32. The third kappa shape index (κ3) is 7.62. The molecule has 0 fully saturated rings. The molecular formula is C7H8I2NZn. The first kappa shape index (κ1) is 12.3. The minimum atomic E-state index is 0.0650. The molecule has 0 aromatic heterocycles. The van der Waals surface area contributed by atoms with Crippen molar-refractivity contribution in [3.05, 3.63) is 35.9 Å². The predicted octanol–water partition coefficient (Wildman–Crippen LogP) is 2.71. The van der Waals surface area contributed by atoms with E-state index in [1.54, 1.807) is 0 Å². The standard InChI is InChI=1S/C7H8N.2HI.Zn/c8-6-7-4-2-1-3-5-7;;;/h1-4H,6,8H2;2*1H;/q;;;+2/p-2. The van der Waals surface area contributed by atoms with Crippen LogP contribution in [0.3, 0.4) is 0 Å². The van der Waals surface area contributed by atoms with Crippen LogP contribution in [0, 0.1) is 6.07 Å². The third-order valence-electron chi connectivity index (χ3n) is 0.993. The molecule has 2 N–H and O–H groups in total. The summed E-state index contributed by atoms with van der Waals surface area (Å²) in [6.07, 6.45) is 0. The van der Waals surface area contributed by atoms with Gasteiger partial charge in [0.05, 0.1) is 0 Å². The number of hydrogen-bond acceptors (Lipinski definition) is 1. The van der Waals surface area contributed by atoms with E-state index in [4.69, 9.17) is 5.73 Å². The Labute approximate surface area is 96.5 Å². The van der Waals surface area contributed by atoms with Crippen LogP contribution in [0.15, 0.2) is 24.3 Å². The SMILES string of the molecule is NCc1[c]cccc1.[I][Zn][I]. The first-order valence-corrected chi connectivity index (χ1v) is 21.2. The molecule has 1 rings (SSSR count). The second kappa shape index (κ2) is 9.35. The molecule has 0 saturated heterocycles. The van der Waals surface area contributed by atoms with Crippen LogP contribution in [0.5, 0.6) is 0 Å². The fraction of sp³-hybridized carbons (Fsp3) is 0.143. The second-order valence-corrected chi connectivity index (χ2v) is 25.2. The second-order valence-electron chi connectivity index (χ2n) is 1.69. The van der Waals surface area contributed by atoms with Crippen molar-refractivity contribution in [2.45, 2.75) is 6.54 Å². The molecule has 0 saturated carbocycles. The van der Waals surface area contributed by atoms with Crippen molar-refractivity contribution in [2.24, 2.45) is 5.73 Å². The van der Waals surface area contributed by atoms with Gasteiger partial charge < -0.3 is 5.73 Å². The van der Waals surface area contributed by atoms with E-state index < -0.39 is 0 Å². The van der Waals surface area contributed by atoms with Crippen LogP contribution < -0.4 is 5.73 Å². The summed E-state index contributed by atoms with van der Waals surface area (Å²) in [7, 11) is 0.0650. The Kier molecular flexibility index (Phi) is 10.4. The van der Waals surface area contributed by atoms with Crippen LogP contribution >= 0.6 is 39.5 Å². The van der Waals surface area contributed by atoms with Gasteiger partial charge in [-0.3, -0.25) is 0 Å². The summed E-state index contributed by atoms with van der Waals surface area (Å²) in [4.78, 5) is 0. The summed E-state index contributed by atoms with van der Waals surface area (Å²) in [5, 5.41) is 0. The summed E-state index contributed by atoms with van der Waals surface area (Å²) >= 11 is 4.93. The van der Waals surface area contributed by atoms with Crippen LogP contribution in [-0.2, 0) is 16.6 Å². The van der Waals surface area contributed by atoms with Crippen LogP contribution in [0.1, 0.15) is 5.56 Å². The van der Waals surface area contributed by atoms with Gasteiger partial charge in [0.25, 0.3) is 0 Å². The van der Waals surface area contributed by atoms with Crippen molar-refractivity contribution in [1.82, 2.24) is 0 Å². The van der Waals surface area contributed by atoms with Crippen LogP contribution in [-0.4, -0.2) is 0 Å². The molecule has 0 unspecified atom stereocenters. The van der Waals surface area contributed by atoms with Gasteiger partial charge in [0.2, 0.25) is 0 Å². The van der Waals surface area contributed by atoms with Gasteiger partial charge in [0, 0.05) is 6.54 Å². The fourth-order valence-electron chi connectivity index (χ4n) is 0.557. The molecule has 1 aromatic rings. The minimum absolute atomic E-state index is 0.0650. The van der Waals surface area contributed by atoms with Crippen LogP contribution in [0.4, 0.5) is 0 Å². The molecule has 4 heteroatoms.